The van der Waals surface area contributed by atoms with Crippen LogP contribution >= 0.6 is 0 Å². The molecule has 0 atom stereocenters. The van der Waals surface area contributed by atoms with Gasteiger partial charge in [0, 0.05) is 57.7 Å². The summed E-state index contributed by atoms with van der Waals surface area (Å²) in [6, 6.07) is 7.77. The number of ether oxygens (including phenoxy) is 2. The molecular formula is C20H23N5O3. The summed E-state index contributed by atoms with van der Waals surface area (Å²) in [5, 5.41) is 0. The topological polar surface area (TPSA) is 71.0 Å². The lowest BCUT2D eigenvalue weighted by molar-refractivity contribution is 0.0240. The highest BCUT2D eigenvalue weighted by molar-refractivity contribution is 5.98. The first-order valence-corrected chi connectivity index (χ1v) is 9.73. The first-order valence-electron chi connectivity index (χ1n) is 9.73. The number of hydrogen-bond donors (Lipinski definition) is 0. The fourth-order valence-electron chi connectivity index (χ4n) is 4.01. The minimum absolute atomic E-state index is 0.0231. The number of para-hydroxylation sites is 1. The smallest absolute Gasteiger partial charge is 0.257 e. The Morgan fingerprint density at radius 1 is 0.964 bits per heavy atom. The number of likely N-dealkylation sites (tertiary alicyclic amines) is 1. The van der Waals surface area contributed by atoms with Gasteiger partial charge in [0.05, 0.1) is 5.56 Å². The first kappa shape index (κ1) is 17.2. The average molecular weight is 381 g/mol. The van der Waals surface area contributed by atoms with E-state index in [1.54, 1.807) is 12.4 Å². The monoisotopic (exact) mass is 381 g/mol. The lowest BCUT2D eigenvalue weighted by Gasteiger charge is -2.48. The Bertz CT molecular complexity index is 848. The number of fused-ring (bicyclic) bond motifs is 1. The van der Waals surface area contributed by atoms with Crippen LogP contribution in [0.25, 0.3) is 0 Å². The van der Waals surface area contributed by atoms with Crippen molar-refractivity contribution in [3.63, 3.8) is 0 Å². The van der Waals surface area contributed by atoms with Crippen molar-refractivity contribution in [2.24, 2.45) is 0 Å². The second-order valence-corrected chi connectivity index (χ2v) is 7.27. The molecule has 1 amide bonds. The second kappa shape index (κ2) is 7.27. The number of nitrogens with zero attached hydrogens (tertiary/aromatic N) is 5. The fraction of sp³-hybridized carbons (Fsp3) is 0.450. The van der Waals surface area contributed by atoms with E-state index in [4.69, 9.17) is 9.47 Å². The molecule has 0 saturated carbocycles. The standard InChI is InChI=1S/C20H23N5O3/c26-19(16-3-1-4-17-18(16)28-12-11-27-17)25-13-15(14-25)23-7-9-24(10-8-23)20-21-5-2-6-22-20/h1-6,15H,7-14H2. The van der Waals surface area contributed by atoms with Crippen molar-refractivity contribution < 1.29 is 14.3 Å². The number of carbonyl (C=O) groups is 1. The molecule has 1 aromatic heterocycles. The van der Waals surface area contributed by atoms with Gasteiger partial charge in [0.1, 0.15) is 13.2 Å². The Morgan fingerprint density at radius 3 is 2.50 bits per heavy atom. The van der Waals surface area contributed by atoms with Gasteiger partial charge in [-0.25, -0.2) is 9.97 Å². The summed E-state index contributed by atoms with van der Waals surface area (Å²) in [5.41, 5.74) is 0.599. The van der Waals surface area contributed by atoms with Gasteiger partial charge in [-0.2, -0.15) is 0 Å². The number of rotatable bonds is 3. The van der Waals surface area contributed by atoms with Gasteiger partial charge in [0.2, 0.25) is 5.95 Å². The van der Waals surface area contributed by atoms with Crippen LogP contribution in [0.2, 0.25) is 0 Å². The molecule has 0 spiro atoms. The van der Waals surface area contributed by atoms with Gasteiger partial charge in [0.15, 0.2) is 11.5 Å². The summed E-state index contributed by atoms with van der Waals surface area (Å²) < 4.78 is 11.3. The molecular weight excluding hydrogens is 358 g/mol. The van der Waals surface area contributed by atoms with E-state index in [1.165, 1.54) is 0 Å². The zero-order valence-corrected chi connectivity index (χ0v) is 15.7. The van der Waals surface area contributed by atoms with Gasteiger partial charge in [-0.1, -0.05) is 6.07 Å². The fourth-order valence-corrected chi connectivity index (χ4v) is 4.01. The van der Waals surface area contributed by atoms with E-state index in [0.29, 0.717) is 36.3 Å². The van der Waals surface area contributed by atoms with E-state index in [2.05, 4.69) is 19.8 Å². The normalized spacial score (nSPS) is 20.0. The second-order valence-electron chi connectivity index (χ2n) is 7.27. The maximum Gasteiger partial charge on any atom is 0.257 e. The molecule has 2 aromatic rings. The molecule has 0 aliphatic carbocycles. The zero-order chi connectivity index (χ0) is 18.9. The van der Waals surface area contributed by atoms with Gasteiger partial charge in [0.25, 0.3) is 5.91 Å². The van der Waals surface area contributed by atoms with Crippen LogP contribution < -0.4 is 14.4 Å². The van der Waals surface area contributed by atoms with Crippen LogP contribution in [0.3, 0.4) is 0 Å². The van der Waals surface area contributed by atoms with Crippen molar-refractivity contribution in [1.82, 2.24) is 19.8 Å². The van der Waals surface area contributed by atoms with E-state index in [-0.39, 0.29) is 5.91 Å². The van der Waals surface area contributed by atoms with Crippen molar-refractivity contribution in [1.29, 1.82) is 0 Å². The predicted molar refractivity (Wildman–Crippen MR) is 103 cm³/mol. The molecule has 0 radical (unpaired) electrons. The van der Waals surface area contributed by atoms with Crippen LogP contribution in [0.4, 0.5) is 5.95 Å². The third-order valence-corrected chi connectivity index (χ3v) is 5.61. The van der Waals surface area contributed by atoms with Gasteiger partial charge in [-0.3, -0.25) is 9.69 Å². The summed E-state index contributed by atoms with van der Waals surface area (Å²) in [7, 11) is 0. The zero-order valence-electron chi connectivity index (χ0n) is 15.7. The Labute approximate surface area is 163 Å². The number of piperazine rings is 1. The maximum atomic E-state index is 12.9. The Morgan fingerprint density at radius 2 is 1.71 bits per heavy atom. The first-order chi connectivity index (χ1) is 13.8. The number of carbonyl (C=O) groups excluding carboxylic acids is 1. The van der Waals surface area contributed by atoms with Gasteiger partial charge < -0.3 is 19.3 Å². The van der Waals surface area contributed by atoms with E-state index in [0.717, 1.165) is 45.2 Å². The van der Waals surface area contributed by atoms with E-state index in [1.807, 2.05) is 29.2 Å². The van der Waals surface area contributed by atoms with Crippen molar-refractivity contribution in [2.75, 3.05) is 57.4 Å². The molecule has 2 saturated heterocycles. The van der Waals surface area contributed by atoms with E-state index < -0.39 is 0 Å². The van der Waals surface area contributed by atoms with Crippen LogP contribution in [0.5, 0.6) is 11.5 Å². The molecule has 4 heterocycles. The van der Waals surface area contributed by atoms with Gasteiger partial charge in [-0.15, -0.1) is 0 Å². The van der Waals surface area contributed by atoms with Crippen LogP contribution in [-0.4, -0.2) is 84.2 Å². The SMILES string of the molecule is O=C(c1cccc2c1OCCO2)N1CC(N2CCN(c3ncccn3)CC2)C1. The minimum atomic E-state index is 0.0231. The summed E-state index contributed by atoms with van der Waals surface area (Å²) >= 11 is 0. The predicted octanol–water partition coefficient (Wildman–Crippen LogP) is 0.894. The molecule has 0 unspecified atom stereocenters. The van der Waals surface area contributed by atoms with Crippen LogP contribution in [-0.2, 0) is 0 Å². The van der Waals surface area contributed by atoms with Crippen molar-refractivity contribution in [3.05, 3.63) is 42.2 Å². The number of benzene rings is 1. The molecule has 3 aliphatic rings. The number of amides is 1. The molecule has 8 nitrogen and oxygen atoms in total. The largest absolute Gasteiger partial charge is 0.486 e. The van der Waals surface area contributed by atoms with Crippen LogP contribution in [0, 0.1) is 0 Å². The molecule has 0 N–H and O–H groups in total. The lowest BCUT2D eigenvalue weighted by Crippen LogP contribution is -2.64. The lowest BCUT2D eigenvalue weighted by atomic mass is 10.0. The summed E-state index contributed by atoms with van der Waals surface area (Å²) in [5.74, 6) is 2.06. The quantitative estimate of drug-likeness (QED) is 0.782. The third-order valence-electron chi connectivity index (χ3n) is 5.61. The number of hydrogen-bond acceptors (Lipinski definition) is 7. The summed E-state index contributed by atoms with van der Waals surface area (Å²) in [4.78, 5) is 28.1. The van der Waals surface area contributed by atoms with Crippen molar-refractivity contribution in [2.45, 2.75) is 6.04 Å². The Balaban J connectivity index is 1.17. The molecule has 28 heavy (non-hydrogen) atoms. The van der Waals surface area contributed by atoms with Crippen molar-refractivity contribution in [3.8, 4) is 11.5 Å². The molecule has 5 rings (SSSR count). The molecule has 1 aromatic carbocycles. The van der Waals surface area contributed by atoms with Crippen molar-refractivity contribution >= 4 is 11.9 Å². The Hall–Kier alpha value is -2.87. The van der Waals surface area contributed by atoms with Gasteiger partial charge in [-0.05, 0) is 18.2 Å². The Kier molecular flexibility index (Phi) is 4.48. The van der Waals surface area contributed by atoms with E-state index in [9.17, 15) is 4.79 Å². The highest BCUT2D eigenvalue weighted by atomic mass is 16.6. The summed E-state index contributed by atoms with van der Waals surface area (Å²) in [6.45, 7) is 6.26. The molecule has 146 valence electrons. The molecule has 3 aliphatic heterocycles. The maximum absolute atomic E-state index is 12.9. The van der Waals surface area contributed by atoms with Gasteiger partial charge >= 0.3 is 0 Å². The molecule has 2 fully saturated rings. The average Bonchev–Trinajstić information content (AvgIpc) is 2.73. The highest BCUT2D eigenvalue weighted by Crippen LogP contribution is 2.35. The number of aromatic nitrogens is 2. The molecule has 8 heteroatoms. The number of anilines is 1. The molecule has 0 bridgehead atoms. The minimum Gasteiger partial charge on any atom is -0.486 e. The highest BCUT2D eigenvalue weighted by Gasteiger charge is 2.37. The van der Waals surface area contributed by atoms with Crippen LogP contribution in [0.1, 0.15) is 10.4 Å². The third kappa shape index (κ3) is 3.13. The summed E-state index contributed by atoms with van der Waals surface area (Å²) in [6.07, 6.45) is 3.56. The van der Waals surface area contributed by atoms with E-state index >= 15 is 0 Å². The van der Waals surface area contributed by atoms with Crippen LogP contribution in [0.15, 0.2) is 36.7 Å².